The Labute approximate surface area is 150 Å². The Balaban J connectivity index is 2.05. The Morgan fingerprint density at radius 2 is 1.76 bits per heavy atom. The van der Waals surface area contributed by atoms with E-state index < -0.39 is 6.10 Å². The van der Waals surface area contributed by atoms with Crippen molar-refractivity contribution in [2.75, 3.05) is 7.11 Å². The van der Waals surface area contributed by atoms with Gasteiger partial charge in [0.25, 0.3) is 5.91 Å². The Morgan fingerprint density at radius 1 is 1.04 bits per heavy atom. The molecule has 0 heterocycles. The molecule has 0 aromatic heterocycles. The molecule has 4 heteroatoms. The van der Waals surface area contributed by atoms with Crippen LogP contribution in [0.1, 0.15) is 43.9 Å². The maximum absolute atomic E-state index is 12.7. The second kappa shape index (κ2) is 9.11. The van der Waals surface area contributed by atoms with Gasteiger partial charge >= 0.3 is 0 Å². The normalized spacial score (nSPS) is 13.0. The molecule has 0 saturated heterocycles. The first-order chi connectivity index (χ1) is 12.1. The third-order valence-electron chi connectivity index (χ3n) is 4.17. The zero-order valence-corrected chi connectivity index (χ0v) is 15.4. The SMILES string of the molecule is CCC(Oc1cccc(C)c1)C(=O)NC(CC)c1ccc(OC)cc1. The summed E-state index contributed by atoms with van der Waals surface area (Å²) in [7, 11) is 1.64. The Bertz CT molecular complexity index is 682. The molecule has 0 aliphatic carbocycles. The number of aryl methyl sites for hydroxylation is 1. The zero-order valence-electron chi connectivity index (χ0n) is 15.4. The van der Waals surface area contributed by atoms with Crippen molar-refractivity contribution in [2.45, 2.75) is 45.8 Å². The highest BCUT2D eigenvalue weighted by Crippen LogP contribution is 2.21. The van der Waals surface area contributed by atoms with Crippen molar-refractivity contribution in [2.24, 2.45) is 0 Å². The lowest BCUT2D eigenvalue weighted by molar-refractivity contribution is -0.128. The minimum atomic E-state index is -0.505. The van der Waals surface area contributed by atoms with Gasteiger partial charge in [0.1, 0.15) is 11.5 Å². The van der Waals surface area contributed by atoms with E-state index in [1.807, 2.05) is 62.4 Å². The third-order valence-corrected chi connectivity index (χ3v) is 4.17. The summed E-state index contributed by atoms with van der Waals surface area (Å²) < 4.78 is 11.1. The predicted octanol–water partition coefficient (Wildman–Crippen LogP) is 4.43. The van der Waals surface area contributed by atoms with Crippen LogP contribution < -0.4 is 14.8 Å². The first-order valence-corrected chi connectivity index (χ1v) is 8.75. The van der Waals surface area contributed by atoms with E-state index in [1.165, 1.54) is 0 Å². The van der Waals surface area contributed by atoms with Crippen molar-refractivity contribution in [3.05, 3.63) is 59.7 Å². The average molecular weight is 341 g/mol. The van der Waals surface area contributed by atoms with Crippen LogP contribution in [0.5, 0.6) is 11.5 Å². The molecule has 0 fully saturated rings. The first-order valence-electron chi connectivity index (χ1n) is 8.75. The molecule has 1 N–H and O–H groups in total. The molecule has 1 amide bonds. The molecular formula is C21H27NO3. The average Bonchev–Trinajstić information content (AvgIpc) is 2.64. The predicted molar refractivity (Wildman–Crippen MR) is 100 cm³/mol. The van der Waals surface area contributed by atoms with Crippen LogP contribution in [-0.4, -0.2) is 19.1 Å². The lowest BCUT2D eigenvalue weighted by atomic mass is 10.0. The molecular weight excluding hydrogens is 314 g/mol. The fourth-order valence-corrected chi connectivity index (χ4v) is 2.70. The highest BCUT2D eigenvalue weighted by molar-refractivity contribution is 5.81. The van der Waals surface area contributed by atoms with Crippen LogP contribution in [0, 0.1) is 6.92 Å². The van der Waals surface area contributed by atoms with Gasteiger partial charge in [0.2, 0.25) is 0 Å². The van der Waals surface area contributed by atoms with Crippen molar-refractivity contribution in [1.29, 1.82) is 0 Å². The van der Waals surface area contributed by atoms with Crippen LogP contribution in [-0.2, 0) is 4.79 Å². The third kappa shape index (κ3) is 5.24. The summed E-state index contributed by atoms with van der Waals surface area (Å²) >= 11 is 0. The molecule has 0 saturated carbocycles. The van der Waals surface area contributed by atoms with Crippen molar-refractivity contribution in [1.82, 2.24) is 5.32 Å². The second-order valence-corrected chi connectivity index (χ2v) is 6.07. The number of rotatable bonds is 8. The van der Waals surface area contributed by atoms with Gasteiger partial charge in [0, 0.05) is 0 Å². The molecule has 25 heavy (non-hydrogen) atoms. The quantitative estimate of drug-likeness (QED) is 0.773. The van der Waals surface area contributed by atoms with E-state index in [1.54, 1.807) is 7.11 Å². The minimum Gasteiger partial charge on any atom is -0.497 e. The lowest BCUT2D eigenvalue weighted by Crippen LogP contribution is -2.39. The van der Waals surface area contributed by atoms with Gasteiger partial charge < -0.3 is 14.8 Å². The molecule has 2 rings (SSSR count). The molecule has 2 aromatic rings. The van der Waals surface area contributed by atoms with Gasteiger partial charge in [-0.25, -0.2) is 0 Å². The number of ether oxygens (including phenoxy) is 2. The smallest absolute Gasteiger partial charge is 0.261 e. The summed E-state index contributed by atoms with van der Waals surface area (Å²) in [6.45, 7) is 6.01. The van der Waals surface area contributed by atoms with Crippen LogP contribution in [0.25, 0.3) is 0 Å². The van der Waals surface area contributed by atoms with Crippen LogP contribution in [0.4, 0.5) is 0 Å². The maximum Gasteiger partial charge on any atom is 0.261 e. The van der Waals surface area contributed by atoms with Crippen molar-refractivity contribution in [3.63, 3.8) is 0 Å². The van der Waals surface area contributed by atoms with E-state index in [2.05, 4.69) is 12.2 Å². The molecule has 0 bridgehead atoms. The highest BCUT2D eigenvalue weighted by Gasteiger charge is 2.22. The fraction of sp³-hybridized carbons (Fsp3) is 0.381. The summed E-state index contributed by atoms with van der Waals surface area (Å²) in [5, 5.41) is 3.10. The Hall–Kier alpha value is -2.49. The number of nitrogens with one attached hydrogen (secondary N) is 1. The highest BCUT2D eigenvalue weighted by atomic mass is 16.5. The molecule has 2 aromatic carbocycles. The van der Waals surface area contributed by atoms with Gasteiger partial charge in [-0.3, -0.25) is 4.79 Å². The zero-order chi connectivity index (χ0) is 18.2. The van der Waals surface area contributed by atoms with Gasteiger partial charge in [-0.15, -0.1) is 0 Å². The lowest BCUT2D eigenvalue weighted by Gasteiger charge is -2.22. The molecule has 0 spiro atoms. The Kier molecular flexibility index (Phi) is 6.87. The molecule has 4 nitrogen and oxygen atoms in total. The summed E-state index contributed by atoms with van der Waals surface area (Å²) in [5.41, 5.74) is 2.17. The Morgan fingerprint density at radius 3 is 2.32 bits per heavy atom. The van der Waals surface area contributed by atoms with E-state index >= 15 is 0 Å². The molecule has 134 valence electrons. The second-order valence-electron chi connectivity index (χ2n) is 6.07. The van der Waals surface area contributed by atoms with E-state index in [0.717, 1.165) is 29.0 Å². The van der Waals surface area contributed by atoms with Crippen LogP contribution >= 0.6 is 0 Å². The van der Waals surface area contributed by atoms with E-state index in [0.29, 0.717) is 6.42 Å². The number of methoxy groups -OCH3 is 1. The molecule has 2 atom stereocenters. The van der Waals surface area contributed by atoms with Gasteiger partial charge in [-0.1, -0.05) is 38.1 Å². The molecule has 0 aliphatic heterocycles. The van der Waals surface area contributed by atoms with Crippen LogP contribution in [0.2, 0.25) is 0 Å². The topological polar surface area (TPSA) is 47.6 Å². The first kappa shape index (κ1) is 18.8. The van der Waals surface area contributed by atoms with E-state index in [9.17, 15) is 4.79 Å². The number of carbonyl (C=O) groups excluding carboxylic acids is 1. The fourth-order valence-electron chi connectivity index (χ4n) is 2.70. The summed E-state index contributed by atoms with van der Waals surface area (Å²) in [5.74, 6) is 1.44. The number of hydrogen-bond acceptors (Lipinski definition) is 3. The monoisotopic (exact) mass is 341 g/mol. The van der Waals surface area contributed by atoms with Gasteiger partial charge in [-0.05, 0) is 55.2 Å². The number of hydrogen-bond donors (Lipinski definition) is 1. The van der Waals surface area contributed by atoms with Gasteiger partial charge in [-0.2, -0.15) is 0 Å². The van der Waals surface area contributed by atoms with Crippen molar-refractivity contribution < 1.29 is 14.3 Å². The largest absolute Gasteiger partial charge is 0.497 e. The maximum atomic E-state index is 12.7. The van der Waals surface area contributed by atoms with Gasteiger partial charge in [0.05, 0.1) is 13.2 Å². The molecule has 0 radical (unpaired) electrons. The summed E-state index contributed by atoms with van der Waals surface area (Å²) in [6, 6.07) is 15.5. The molecule has 0 aliphatic rings. The summed E-state index contributed by atoms with van der Waals surface area (Å²) in [4.78, 5) is 12.7. The van der Waals surface area contributed by atoms with Crippen LogP contribution in [0.3, 0.4) is 0 Å². The van der Waals surface area contributed by atoms with E-state index in [4.69, 9.17) is 9.47 Å². The standard InChI is InChI=1S/C21H27NO3/c1-5-19(16-10-12-17(24-4)13-11-16)22-21(23)20(6-2)25-18-9-7-8-15(3)14-18/h7-14,19-20H,5-6H2,1-4H3,(H,22,23). The van der Waals surface area contributed by atoms with E-state index in [-0.39, 0.29) is 11.9 Å². The van der Waals surface area contributed by atoms with Crippen molar-refractivity contribution >= 4 is 5.91 Å². The van der Waals surface area contributed by atoms with Crippen LogP contribution in [0.15, 0.2) is 48.5 Å². The van der Waals surface area contributed by atoms with Crippen molar-refractivity contribution in [3.8, 4) is 11.5 Å². The minimum absolute atomic E-state index is 0.0476. The van der Waals surface area contributed by atoms with Gasteiger partial charge in [0.15, 0.2) is 6.10 Å². The number of carbonyl (C=O) groups is 1. The number of amides is 1. The number of benzene rings is 2. The molecule has 2 unspecified atom stereocenters. The summed E-state index contributed by atoms with van der Waals surface area (Å²) in [6.07, 6.45) is 0.909.